The zero-order valence-corrected chi connectivity index (χ0v) is 9.82. The highest BCUT2D eigenvalue weighted by molar-refractivity contribution is 5.36. The Morgan fingerprint density at radius 3 is 2.88 bits per heavy atom. The van der Waals surface area contributed by atoms with Gasteiger partial charge >= 0.3 is 0 Å². The molecule has 82 valence electrons. The van der Waals surface area contributed by atoms with Gasteiger partial charge in [0.2, 0.25) is 0 Å². The van der Waals surface area contributed by atoms with E-state index in [1.54, 1.807) is 0 Å². The van der Waals surface area contributed by atoms with Crippen LogP contribution in [0.5, 0.6) is 0 Å². The summed E-state index contributed by atoms with van der Waals surface area (Å²) in [6.45, 7) is 2.14. The number of rotatable bonds is 2. The first-order chi connectivity index (χ1) is 7.84. The van der Waals surface area contributed by atoms with E-state index in [4.69, 9.17) is 0 Å². The summed E-state index contributed by atoms with van der Waals surface area (Å²) in [6, 6.07) is 0. The van der Waals surface area contributed by atoms with Crippen molar-refractivity contribution in [3.63, 3.8) is 0 Å². The van der Waals surface area contributed by atoms with Gasteiger partial charge in [0.25, 0.3) is 0 Å². The molecule has 16 heavy (non-hydrogen) atoms. The molecule has 0 aromatic carbocycles. The minimum atomic E-state index is 1.05. The van der Waals surface area contributed by atoms with Crippen molar-refractivity contribution in [1.29, 1.82) is 0 Å². The van der Waals surface area contributed by atoms with Crippen LogP contribution in [-0.2, 0) is 0 Å². The summed E-state index contributed by atoms with van der Waals surface area (Å²) in [5.41, 5.74) is 4.22. The Labute approximate surface area is 98.1 Å². The smallest absolute Gasteiger partial charge is 0.00610 e. The van der Waals surface area contributed by atoms with Gasteiger partial charge < -0.3 is 0 Å². The van der Waals surface area contributed by atoms with Gasteiger partial charge in [0, 0.05) is 0 Å². The van der Waals surface area contributed by atoms with E-state index in [9.17, 15) is 0 Å². The Morgan fingerprint density at radius 1 is 1.00 bits per heavy atom. The van der Waals surface area contributed by atoms with Gasteiger partial charge in [-0.05, 0) is 31.8 Å². The van der Waals surface area contributed by atoms with Crippen LogP contribution >= 0.6 is 0 Å². The van der Waals surface area contributed by atoms with Gasteiger partial charge in [-0.2, -0.15) is 0 Å². The van der Waals surface area contributed by atoms with E-state index in [-0.39, 0.29) is 0 Å². The molecule has 0 aromatic heterocycles. The molecule has 0 atom stereocenters. The van der Waals surface area contributed by atoms with Gasteiger partial charge in [0.05, 0.1) is 0 Å². The van der Waals surface area contributed by atoms with Gasteiger partial charge in [0.15, 0.2) is 0 Å². The molecule has 0 radical (unpaired) electrons. The molecule has 2 rings (SSSR count). The van der Waals surface area contributed by atoms with Crippen molar-refractivity contribution in [2.45, 2.75) is 26.2 Å². The highest BCUT2D eigenvalue weighted by Gasteiger charge is 2.01. The minimum absolute atomic E-state index is 1.05. The second-order valence-corrected chi connectivity index (χ2v) is 4.33. The molecule has 0 saturated carbocycles. The fourth-order valence-corrected chi connectivity index (χ4v) is 1.90. The van der Waals surface area contributed by atoms with Crippen molar-refractivity contribution in [2.75, 3.05) is 0 Å². The van der Waals surface area contributed by atoms with E-state index in [1.807, 2.05) is 0 Å². The molecule has 0 aromatic rings. The van der Waals surface area contributed by atoms with E-state index in [1.165, 1.54) is 16.7 Å². The van der Waals surface area contributed by atoms with Crippen LogP contribution in [0.25, 0.3) is 0 Å². The molecule has 0 aliphatic heterocycles. The average Bonchev–Trinajstić information content (AvgIpc) is 2.63. The van der Waals surface area contributed by atoms with Gasteiger partial charge in [-0.15, -0.1) is 0 Å². The van der Waals surface area contributed by atoms with E-state index in [0.29, 0.717) is 0 Å². The molecular formula is C16H18. The molecule has 0 spiro atoms. The van der Waals surface area contributed by atoms with Crippen LogP contribution < -0.4 is 0 Å². The van der Waals surface area contributed by atoms with Gasteiger partial charge in [-0.25, -0.2) is 0 Å². The Bertz CT molecular complexity index is 423. The van der Waals surface area contributed by atoms with E-state index in [2.05, 4.69) is 61.6 Å². The van der Waals surface area contributed by atoms with E-state index >= 15 is 0 Å². The fraction of sp³-hybridized carbons (Fsp3) is 0.250. The predicted molar refractivity (Wildman–Crippen MR) is 71.2 cm³/mol. The lowest BCUT2D eigenvalue weighted by molar-refractivity contribution is 1.07. The third kappa shape index (κ3) is 3.23. The standard InChI is InChI=1S/C16H18/c1-14-7-6-10-16(12-11-14)13-15-8-4-2-3-5-9-15/h2,4-9,11-12H,3,10,13H2,1H3. The molecule has 0 bridgehead atoms. The average molecular weight is 210 g/mol. The molecule has 0 heterocycles. The van der Waals surface area contributed by atoms with Crippen molar-refractivity contribution in [1.82, 2.24) is 0 Å². The third-order valence-electron chi connectivity index (χ3n) is 2.82. The maximum absolute atomic E-state index is 2.26. The lowest BCUT2D eigenvalue weighted by Crippen LogP contribution is -1.84. The normalized spacial score (nSPS) is 19.7. The van der Waals surface area contributed by atoms with Gasteiger partial charge in [0.1, 0.15) is 0 Å². The van der Waals surface area contributed by atoms with Crippen molar-refractivity contribution < 1.29 is 0 Å². The summed E-state index contributed by atoms with van der Waals surface area (Å²) in [4.78, 5) is 0. The zero-order valence-electron chi connectivity index (χ0n) is 9.82. The maximum Gasteiger partial charge on any atom is -0.00610 e. The van der Waals surface area contributed by atoms with Crippen LogP contribution in [0.1, 0.15) is 26.2 Å². The second-order valence-electron chi connectivity index (χ2n) is 4.33. The molecule has 0 unspecified atom stereocenters. The van der Waals surface area contributed by atoms with Crippen molar-refractivity contribution >= 4 is 0 Å². The van der Waals surface area contributed by atoms with Crippen molar-refractivity contribution in [2.24, 2.45) is 0 Å². The Balaban J connectivity index is 2.07. The lowest BCUT2D eigenvalue weighted by Gasteiger charge is -2.04. The first kappa shape index (κ1) is 10.9. The molecule has 2 aliphatic carbocycles. The summed E-state index contributed by atoms with van der Waals surface area (Å²) in [5.74, 6) is 0. The molecule has 0 nitrogen and oxygen atoms in total. The quantitative estimate of drug-likeness (QED) is 0.622. The third-order valence-corrected chi connectivity index (χ3v) is 2.82. The van der Waals surface area contributed by atoms with E-state index in [0.717, 1.165) is 19.3 Å². The summed E-state index contributed by atoms with van der Waals surface area (Å²) in [7, 11) is 0. The molecule has 0 N–H and O–H groups in total. The SMILES string of the molecule is CC1=CC=C(CC2=CC=CCC=C2)CC=C1. The van der Waals surface area contributed by atoms with Crippen LogP contribution in [0, 0.1) is 0 Å². The highest BCUT2D eigenvalue weighted by atomic mass is 14.1. The molecular weight excluding hydrogens is 192 g/mol. The number of hydrogen-bond acceptors (Lipinski definition) is 0. The Kier molecular flexibility index (Phi) is 3.76. The minimum Gasteiger partial charge on any atom is -0.0807 e. The summed E-state index contributed by atoms with van der Waals surface area (Å²) in [6.07, 6.45) is 23.1. The van der Waals surface area contributed by atoms with Crippen LogP contribution in [-0.4, -0.2) is 0 Å². The highest BCUT2D eigenvalue weighted by Crippen LogP contribution is 2.20. The molecule has 0 heteroatoms. The van der Waals surface area contributed by atoms with Crippen LogP contribution in [0.4, 0.5) is 0 Å². The largest absolute Gasteiger partial charge is 0.0807 e. The Morgan fingerprint density at radius 2 is 1.94 bits per heavy atom. The van der Waals surface area contributed by atoms with Gasteiger partial charge in [-0.1, -0.05) is 65.8 Å². The van der Waals surface area contributed by atoms with Crippen LogP contribution in [0.15, 0.2) is 71.4 Å². The zero-order chi connectivity index (χ0) is 11.2. The van der Waals surface area contributed by atoms with E-state index < -0.39 is 0 Å². The topological polar surface area (TPSA) is 0 Å². The summed E-state index contributed by atoms with van der Waals surface area (Å²) < 4.78 is 0. The first-order valence-corrected chi connectivity index (χ1v) is 5.90. The first-order valence-electron chi connectivity index (χ1n) is 5.90. The Hall–Kier alpha value is -1.56. The summed E-state index contributed by atoms with van der Waals surface area (Å²) in [5, 5.41) is 0. The molecule has 0 saturated heterocycles. The molecule has 0 amide bonds. The maximum atomic E-state index is 2.26. The van der Waals surface area contributed by atoms with Gasteiger partial charge in [-0.3, -0.25) is 0 Å². The fourth-order valence-electron chi connectivity index (χ4n) is 1.90. The van der Waals surface area contributed by atoms with Crippen molar-refractivity contribution in [3.05, 3.63) is 71.4 Å². The molecule has 2 aliphatic rings. The number of allylic oxidation sites excluding steroid dienone is 12. The van der Waals surface area contributed by atoms with Crippen molar-refractivity contribution in [3.8, 4) is 0 Å². The summed E-state index contributed by atoms with van der Waals surface area (Å²) >= 11 is 0. The monoisotopic (exact) mass is 210 g/mol. The molecule has 0 fully saturated rings. The lowest BCUT2D eigenvalue weighted by atomic mass is 10.0. The predicted octanol–water partition coefficient (Wildman–Crippen LogP) is 4.65. The van der Waals surface area contributed by atoms with Crippen LogP contribution in [0.2, 0.25) is 0 Å². The number of hydrogen-bond donors (Lipinski definition) is 0. The van der Waals surface area contributed by atoms with Crippen LogP contribution in [0.3, 0.4) is 0 Å². The second kappa shape index (κ2) is 5.50.